The van der Waals surface area contributed by atoms with Crippen LogP contribution < -0.4 is 10.1 Å². The smallest absolute Gasteiger partial charge is 0.267 e. The van der Waals surface area contributed by atoms with Crippen LogP contribution in [0.2, 0.25) is 5.02 Å². The van der Waals surface area contributed by atoms with Crippen LogP contribution in [0, 0.1) is 5.82 Å². The zero-order valence-corrected chi connectivity index (χ0v) is 13.1. The summed E-state index contributed by atoms with van der Waals surface area (Å²) in [6, 6.07) is 6.21. The Kier molecular flexibility index (Phi) is 5.00. The van der Waals surface area contributed by atoms with E-state index in [0.29, 0.717) is 10.2 Å². The van der Waals surface area contributed by atoms with Gasteiger partial charge in [-0.3, -0.25) is 0 Å². The lowest BCUT2D eigenvalue weighted by atomic mass is 10.1. The van der Waals surface area contributed by atoms with Crippen LogP contribution in [0.4, 0.5) is 18.9 Å². The van der Waals surface area contributed by atoms with Gasteiger partial charge in [0.2, 0.25) is 0 Å². The van der Waals surface area contributed by atoms with Gasteiger partial charge in [0, 0.05) is 17.6 Å². The Hall–Kier alpha value is -1.40. The van der Waals surface area contributed by atoms with Crippen molar-refractivity contribution in [2.45, 2.75) is 6.43 Å². The third-order valence-corrected chi connectivity index (χ3v) is 3.70. The van der Waals surface area contributed by atoms with Crippen LogP contribution in [0.3, 0.4) is 0 Å². The maximum Gasteiger partial charge on any atom is 0.267 e. The minimum absolute atomic E-state index is 0.0341. The minimum atomic E-state index is -2.74. The molecule has 112 valence electrons. The molecular weight excluding hydrogens is 371 g/mol. The predicted octanol–water partition coefficient (Wildman–Crippen LogP) is 6.01. The number of anilines is 1. The maximum atomic E-state index is 13.3. The average Bonchev–Trinajstić information content (AvgIpc) is 2.43. The topological polar surface area (TPSA) is 21.3 Å². The molecule has 1 N–H and O–H groups in total. The lowest BCUT2D eigenvalue weighted by molar-refractivity contribution is 0.148. The third kappa shape index (κ3) is 3.44. The van der Waals surface area contributed by atoms with Crippen molar-refractivity contribution >= 4 is 33.2 Å². The lowest BCUT2D eigenvalue weighted by Crippen LogP contribution is -2.00. The second-order valence-electron chi connectivity index (χ2n) is 4.07. The normalized spacial score (nSPS) is 10.8. The van der Waals surface area contributed by atoms with E-state index >= 15 is 0 Å². The van der Waals surface area contributed by atoms with Gasteiger partial charge in [0.1, 0.15) is 11.6 Å². The summed E-state index contributed by atoms with van der Waals surface area (Å²) >= 11 is 9.14. The molecule has 0 fully saturated rings. The highest BCUT2D eigenvalue weighted by atomic mass is 79.9. The Balaban J connectivity index is 2.56. The molecule has 0 spiro atoms. The number of halogens is 5. The summed E-state index contributed by atoms with van der Waals surface area (Å²) in [5.74, 6) is -0.712. The zero-order valence-electron chi connectivity index (χ0n) is 10.8. The van der Waals surface area contributed by atoms with Crippen LogP contribution >= 0.6 is 27.5 Å². The van der Waals surface area contributed by atoms with Crippen molar-refractivity contribution < 1.29 is 17.9 Å². The zero-order chi connectivity index (χ0) is 15.6. The molecule has 21 heavy (non-hydrogen) atoms. The molecule has 0 aliphatic carbocycles. The molecule has 0 radical (unpaired) electrons. The van der Waals surface area contributed by atoms with Gasteiger partial charge in [-0.05, 0) is 40.2 Å². The summed E-state index contributed by atoms with van der Waals surface area (Å²) in [6.45, 7) is 0. The van der Waals surface area contributed by atoms with Crippen LogP contribution in [0.25, 0.3) is 0 Å². The minimum Gasteiger partial charge on any atom is -0.453 e. The summed E-state index contributed by atoms with van der Waals surface area (Å²) in [4.78, 5) is 0. The fourth-order valence-electron chi connectivity index (χ4n) is 1.75. The molecule has 0 amide bonds. The fraction of sp³-hybridized carbons (Fsp3) is 0.143. The first-order chi connectivity index (χ1) is 9.93. The van der Waals surface area contributed by atoms with E-state index in [0.717, 1.165) is 12.1 Å². The van der Waals surface area contributed by atoms with Crippen LogP contribution in [0.1, 0.15) is 12.0 Å². The predicted molar refractivity (Wildman–Crippen MR) is 80.1 cm³/mol. The van der Waals surface area contributed by atoms with E-state index in [9.17, 15) is 13.2 Å². The van der Waals surface area contributed by atoms with Gasteiger partial charge < -0.3 is 10.1 Å². The molecular formula is C14H10BrClF3NO. The quantitative estimate of drug-likeness (QED) is 0.701. The van der Waals surface area contributed by atoms with Crippen molar-refractivity contribution in [2.24, 2.45) is 0 Å². The maximum absolute atomic E-state index is 13.3. The fourth-order valence-corrected chi connectivity index (χ4v) is 2.42. The number of rotatable bonds is 4. The molecule has 0 heterocycles. The standard InChI is InChI=1S/C14H10BrClF3NO/c1-20-12-9(15)4-3-8(14(18)19)13(12)21-11-6-7(17)2-5-10(11)16/h2-6,14,20H,1H3. The Labute approximate surface area is 133 Å². The van der Waals surface area contributed by atoms with Crippen LogP contribution in [-0.4, -0.2) is 7.05 Å². The summed E-state index contributed by atoms with van der Waals surface area (Å²) in [7, 11) is 1.56. The Morgan fingerprint density at radius 2 is 1.95 bits per heavy atom. The molecule has 0 aromatic heterocycles. The number of alkyl halides is 2. The first kappa shape index (κ1) is 16.0. The number of ether oxygens (including phenoxy) is 1. The van der Waals surface area contributed by atoms with Gasteiger partial charge in [-0.15, -0.1) is 0 Å². The Morgan fingerprint density at radius 3 is 2.57 bits per heavy atom. The molecule has 0 bridgehead atoms. The van der Waals surface area contributed by atoms with Crippen molar-refractivity contribution in [2.75, 3.05) is 12.4 Å². The monoisotopic (exact) mass is 379 g/mol. The third-order valence-electron chi connectivity index (χ3n) is 2.73. The van der Waals surface area contributed by atoms with E-state index in [4.69, 9.17) is 16.3 Å². The highest BCUT2D eigenvalue weighted by molar-refractivity contribution is 9.10. The van der Waals surface area contributed by atoms with Crippen LogP contribution in [-0.2, 0) is 0 Å². The molecule has 2 rings (SSSR count). The highest BCUT2D eigenvalue weighted by Gasteiger charge is 2.21. The molecule has 0 aliphatic heterocycles. The van der Waals surface area contributed by atoms with Crippen molar-refractivity contribution in [1.82, 2.24) is 0 Å². The largest absolute Gasteiger partial charge is 0.453 e. The second-order valence-corrected chi connectivity index (χ2v) is 5.33. The van der Waals surface area contributed by atoms with E-state index in [2.05, 4.69) is 21.2 Å². The number of benzene rings is 2. The summed E-state index contributed by atoms with van der Waals surface area (Å²) < 4.78 is 45.5. The van der Waals surface area contributed by atoms with Crippen LogP contribution in [0.5, 0.6) is 11.5 Å². The van der Waals surface area contributed by atoms with E-state index in [-0.39, 0.29) is 22.1 Å². The second kappa shape index (κ2) is 6.58. The van der Waals surface area contributed by atoms with Crippen molar-refractivity contribution in [3.8, 4) is 11.5 Å². The molecule has 0 unspecified atom stereocenters. The van der Waals surface area contributed by atoms with E-state index in [1.54, 1.807) is 7.05 Å². The van der Waals surface area contributed by atoms with Crippen molar-refractivity contribution in [1.29, 1.82) is 0 Å². The SMILES string of the molecule is CNc1c(Br)ccc(C(F)F)c1Oc1cc(F)ccc1Cl. The van der Waals surface area contributed by atoms with Crippen molar-refractivity contribution in [3.05, 3.63) is 51.2 Å². The van der Waals surface area contributed by atoms with Gasteiger partial charge in [0.15, 0.2) is 5.75 Å². The summed E-state index contributed by atoms with van der Waals surface area (Å²) in [5.41, 5.74) is 0.0102. The summed E-state index contributed by atoms with van der Waals surface area (Å²) in [5, 5.41) is 2.90. The highest BCUT2D eigenvalue weighted by Crippen LogP contribution is 2.43. The van der Waals surface area contributed by atoms with Gasteiger partial charge in [0.05, 0.1) is 16.3 Å². The van der Waals surface area contributed by atoms with E-state index in [1.807, 2.05) is 0 Å². The van der Waals surface area contributed by atoms with Gasteiger partial charge >= 0.3 is 0 Å². The van der Waals surface area contributed by atoms with Crippen LogP contribution in [0.15, 0.2) is 34.8 Å². The van der Waals surface area contributed by atoms with Gasteiger partial charge in [0.25, 0.3) is 6.43 Å². The molecule has 2 aromatic carbocycles. The van der Waals surface area contributed by atoms with Gasteiger partial charge in [-0.2, -0.15) is 0 Å². The lowest BCUT2D eigenvalue weighted by Gasteiger charge is -2.17. The molecule has 0 atom stereocenters. The Morgan fingerprint density at radius 1 is 1.24 bits per heavy atom. The molecule has 0 saturated carbocycles. The first-order valence-electron chi connectivity index (χ1n) is 5.85. The van der Waals surface area contributed by atoms with Gasteiger partial charge in [-0.25, -0.2) is 13.2 Å². The molecule has 0 aliphatic rings. The Bertz CT molecular complexity index is 667. The number of hydrogen-bond donors (Lipinski definition) is 1. The van der Waals surface area contributed by atoms with Crippen molar-refractivity contribution in [3.63, 3.8) is 0 Å². The molecule has 2 nitrogen and oxygen atoms in total. The first-order valence-corrected chi connectivity index (χ1v) is 7.02. The molecule has 0 saturated heterocycles. The van der Waals surface area contributed by atoms with Gasteiger partial charge in [-0.1, -0.05) is 11.6 Å². The average molecular weight is 381 g/mol. The van der Waals surface area contributed by atoms with E-state index < -0.39 is 12.2 Å². The van der Waals surface area contributed by atoms with E-state index in [1.165, 1.54) is 18.2 Å². The molecule has 2 aromatic rings. The number of nitrogens with one attached hydrogen (secondary N) is 1. The molecule has 7 heteroatoms. The number of hydrogen-bond acceptors (Lipinski definition) is 2. The summed E-state index contributed by atoms with van der Waals surface area (Å²) in [6.07, 6.45) is -2.74.